The van der Waals surface area contributed by atoms with Crippen molar-refractivity contribution in [3.05, 3.63) is 90.1 Å². The van der Waals surface area contributed by atoms with Crippen LogP contribution in [0, 0.1) is 5.92 Å². The fraction of sp³-hybridized carbons (Fsp3) is 0.448. The van der Waals surface area contributed by atoms with Crippen LogP contribution in [-0.2, 0) is 0 Å². The lowest BCUT2D eigenvalue weighted by Crippen LogP contribution is -2.28. The van der Waals surface area contributed by atoms with E-state index in [0.29, 0.717) is 24.3 Å². The average Bonchev–Trinajstić information content (AvgIpc) is 3.27. The van der Waals surface area contributed by atoms with E-state index in [1.807, 2.05) is 24.3 Å². The molecule has 0 aliphatic heterocycles. The van der Waals surface area contributed by atoms with Crippen LogP contribution in [0.25, 0.3) is 0 Å². The zero-order valence-electron chi connectivity index (χ0n) is 20.4. The van der Waals surface area contributed by atoms with Crippen LogP contribution in [0.3, 0.4) is 0 Å². The van der Waals surface area contributed by atoms with Gasteiger partial charge in [-0.1, -0.05) is 120 Å². The summed E-state index contributed by atoms with van der Waals surface area (Å²) in [5.74, 6) is 3.04. The summed E-state index contributed by atoms with van der Waals surface area (Å²) in [5, 5.41) is 0. The standard InChI is InChI=1S/C29H41BO/c1-9-11-14-22(5)31-28-19-17-26(18-20-28)23(6)24(7)30(27-15-12-13-16-27)25(8)29(10-2)21(3)4/h9,11,14,17-21,23,27H,1,5,7,10,12-13,15-16H2,2-4,6,8H3/b14-11-,29-25+. The molecule has 1 fully saturated rings. The Morgan fingerprint density at radius 2 is 1.74 bits per heavy atom. The predicted octanol–water partition coefficient (Wildman–Crippen LogP) is 8.88. The van der Waals surface area contributed by atoms with Gasteiger partial charge in [0.1, 0.15) is 11.5 Å². The molecular formula is C29H41BO. The van der Waals surface area contributed by atoms with Gasteiger partial charge in [0, 0.05) is 0 Å². The Balaban J connectivity index is 2.25. The van der Waals surface area contributed by atoms with Crippen molar-refractivity contribution in [2.45, 2.75) is 78.5 Å². The van der Waals surface area contributed by atoms with Gasteiger partial charge in [-0.2, -0.15) is 0 Å². The van der Waals surface area contributed by atoms with E-state index in [9.17, 15) is 0 Å². The van der Waals surface area contributed by atoms with Gasteiger partial charge in [0.25, 0.3) is 0 Å². The molecule has 1 saturated carbocycles. The second-order valence-corrected chi connectivity index (χ2v) is 9.27. The SMILES string of the molecule is C=C/C=C\C(=C)Oc1ccc(C(C)C(=C)B(/C(C)=C(\CC)C(C)C)C2CCCC2)cc1. The topological polar surface area (TPSA) is 9.23 Å². The fourth-order valence-electron chi connectivity index (χ4n) is 5.24. The van der Waals surface area contributed by atoms with Crippen LogP contribution in [0.5, 0.6) is 5.75 Å². The van der Waals surface area contributed by atoms with E-state index < -0.39 is 0 Å². The molecular weight excluding hydrogens is 375 g/mol. The van der Waals surface area contributed by atoms with Crippen LogP contribution in [-0.4, -0.2) is 6.71 Å². The highest BCUT2D eigenvalue weighted by Crippen LogP contribution is 2.42. The first-order chi connectivity index (χ1) is 14.8. The van der Waals surface area contributed by atoms with Gasteiger partial charge in [0.15, 0.2) is 0 Å². The number of rotatable bonds is 11. The maximum atomic E-state index is 5.79. The van der Waals surface area contributed by atoms with Crippen LogP contribution in [0.15, 0.2) is 84.5 Å². The van der Waals surface area contributed by atoms with Gasteiger partial charge < -0.3 is 4.74 Å². The van der Waals surface area contributed by atoms with Crippen molar-refractivity contribution >= 4 is 6.71 Å². The molecule has 0 bridgehead atoms. The summed E-state index contributed by atoms with van der Waals surface area (Å²) in [6.45, 7) is 24.4. The van der Waals surface area contributed by atoms with E-state index in [2.05, 4.69) is 66.5 Å². The Bertz CT molecular complexity index is 819. The number of hydrogen-bond donors (Lipinski definition) is 0. The lowest BCUT2D eigenvalue weighted by molar-refractivity contribution is 0.447. The van der Waals surface area contributed by atoms with E-state index in [1.54, 1.807) is 17.1 Å². The molecule has 0 N–H and O–H groups in total. The van der Waals surface area contributed by atoms with Crippen molar-refractivity contribution in [3.63, 3.8) is 0 Å². The third-order valence-electron chi connectivity index (χ3n) is 6.92. The van der Waals surface area contributed by atoms with Gasteiger partial charge in [-0.15, -0.1) is 6.58 Å². The summed E-state index contributed by atoms with van der Waals surface area (Å²) in [6.07, 6.45) is 11.9. The third-order valence-corrected chi connectivity index (χ3v) is 6.92. The number of allylic oxidation sites excluding steroid dienone is 6. The molecule has 1 unspecified atom stereocenters. The maximum absolute atomic E-state index is 5.79. The molecule has 1 aromatic carbocycles. The molecule has 0 spiro atoms. The molecule has 166 valence electrons. The summed E-state index contributed by atoms with van der Waals surface area (Å²) < 4.78 is 5.79. The minimum Gasteiger partial charge on any atom is -0.458 e. The molecule has 1 nitrogen and oxygen atoms in total. The summed E-state index contributed by atoms with van der Waals surface area (Å²) in [7, 11) is 0. The molecule has 1 aromatic rings. The van der Waals surface area contributed by atoms with E-state index in [0.717, 1.165) is 18.0 Å². The Labute approximate surface area is 191 Å². The van der Waals surface area contributed by atoms with Crippen molar-refractivity contribution in [2.24, 2.45) is 5.92 Å². The number of benzene rings is 1. The van der Waals surface area contributed by atoms with Crippen molar-refractivity contribution in [3.8, 4) is 5.75 Å². The fourth-order valence-corrected chi connectivity index (χ4v) is 5.24. The van der Waals surface area contributed by atoms with Crippen molar-refractivity contribution in [2.75, 3.05) is 0 Å². The van der Waals surface area contributed by atoms with E-state index in [-0.39, 0.29) is 0 Å². The molecule has 1 aliphatic rings. The molecule has 1 aliphatic carbocycles. The lowest BCUT2D eigenvalue weighted by atomic mass is 9.30. The van der Waals surface area contributed by atoms with E-state index in [1.165, 1.54) is 36.7 Å². The van der Waals surface area contributed by atoms with Crippen molar-refractivity contribution in [1.82, 2.24) is 0 Å². The second kappa shape index (κ2) is 12.0. The van der Waals surface area contributed by atoms with Gasteiger partial charge >= 0.3 is 0 Å². The number of hydrogen-bond acceptors (Lipinski definition) is 1. The van der Waals surface area contributed by atoms with Crippen LogP contribution in [0.1, 0.15) is 78.2 Å². The van der Waals surface area contributed by atoms with Crippen LogP contribution in [0.2, 0.25) is 5.82 Å². The molecule has 2 rings (SSSR count). The van der Waals surface area contributed by atoms with Crippen molar-refractivity contribution < 1.29 is 4.74 Å². The highest BCUT2D eigenvalue weighted by molar-refractivity contribution is 6.75. The van der Waals surface area contributed by atoms with Gasteiger partial charge in [0.05, 0.1) is 0 Å². The highest BCUT2D eigenvalue weighted by Gasteiger charge is 2.35. The minimum absolute atomic E-state index is 0.309. The van der Waals surface area contributed by atoms with Gasteiger partial charge in [-0.3, -0.25) is 0 Å². The molecule has 0 radical (unpaired) electrons. The third kappa shape index (κ3) is 6.63. The monoisotopic (exact) mass is 416 g/mol. The molecule has 31 heavy (non-hydrogen) atoms. The number of ether oxygens (including phenoxy) is 1. The molecule has 1 atom stereocenters. The summed E-state index contributed by atoms with van der Waals surface area (Å²) in [4.78, 5) is 0. The summed E-state index contributed by atoms with van der Waals surface area (Å²) in [6, 6.07) is 8.41. The van der Waals surface area contributed by atoms with Crippen molar-refractivity contribution in [1.29, 1.82) is 0 Å². The van der Waals surface area contributed by atoms with Crippen LogP contribution < -0.4 is 4.74 Å². The van der Waals surface area contributed by atoms with Gasteiger partial charge in [-0.25, -0.2) is 0 Å². The largest absolute Gasteiger partial charge is 0.458 e. The Hall–Kier alpha value is -2.22. The Kier molecular flexibility index (Phi) is 9.68. The Morgan fingerprint density at radius 1 is 1.13 bits per heavy atom. The first-order valence-corrected chi connectivity index (χ1v) is 11.9. The summed E-state index contributed by atoms with van der Waals surface area (Å²) in [5.41, 5.74) is 5.84. The molecule has 2 heteroatoms. The zero-order chi connectivity index (χ0) is 23.0. The summed E-state index contributed by atoms with van der Waals surface area (Å²) >= 11 is 0. The normalized spacial score (nSPS) is 16.3. The second-order valence-electron chi connectivity index (χ2n) is 9.27. The van der Waals surface area contributed by atoms with Crippen LogP contribution >= 0.6 is 0 Å². The van der Waals surface area contributed by atoms with Gasteiger partial charge in [0.2, 0.25) is 6.71 Å². The first kappa shape index (κ1) is 25.0. The first-order valence-electron chi connectivity index (χ1n) is 11.9. The van der Waals surface area contributed by atoms with Gasteiger partial charge in [-0.05, 0) is 42.0 Å². The molecule has 0 aromatic heterocycles. The zero-order valence-corrected chi connectivity index (χ0v) is 20.4. The Morgan fingerprint density at radius 3 is 2.26 bits per heavy atom. The quantitative estimate of drug-likeness (QED) is 0.199. The maximum Gasteiger partial charge on any atom is 0.202 e. The van der Waals surface area contributed by atoms with Crippen LogP contribution in [0.4, 0.5) is 0 Å². The molecule has 0 saturated heterocycles. The highest BCUT2D eigenvalue weighted by atomic mass is 16.5. The average molecular weight is 416 g/mol. The molecule has 0 heterocycles. The smallest absolute Gasteiger partial charge is 0.202 e. The lowest BCUT2D eigenvalue weighted by Gasteiger charge is -2.30. The predicted molar refractivity (Wildman–Crippen MR) is 139 cm³/mol. The van der Waals surface area contributed by atoms with E-state index in [4.69, 9.17) is 4.74 Å². The minimum atomic E-state index is 0.309. The van der Waals surface area contributed by atoms with E-state index >= 15 is 0 Å². The molecule has 0 amide bonds.